The van der Waals surface area contributed by atoms with Crippen molar-refractivity contribution in [2.45, 2.75) is 19.8 Å². The molecule has 1 atom stereocenters. The number of anilines is 1. The number of likely N-dealkylation sites (tertiary alicyclic amines) is 1. The lowest BCUT2D eigenvalue weighted by atomic mass is 10.1. The number of hydrogen-bond donors (Lipinski definition) is 1. The Hall–Kier alpha value is -2.82. The van der Waals surface area contributed by atoms with Gasteiger partial charge in [0, 0.05) is 25.2 Å². The standard InChI is InChI=1S/C21H24N2O3/c1-15-3-7-18(8-4-15)22-21(25)17-13-20(24)23(14-17)12-11-16-5-9-19(26-2)10-6-16/h3-10,17H,11-14H2,1-2H3,(H,22,25). The molecule has 1 aliphatic heterocycles. The lowest BCUT2D eigenvalue weighted by Crippen LogP contribution is -2.30. The van der Waals surface area contributed by atoms with Crippen molar-refractivity contribution < 1.29 is 14.3 Å². The van der Waals surface area contributed by atoms with E-state index < -0.39 is 0 Å². The number of nitrogens with zero attached hydrogens (tertiary/aromatic N) is 1. The number of carbonyl (C=O) groups excluding carboxylic acids is 2. The van der Waals surface area contributed by atoms with Crippen LogP contribution in [0.25, 0.3) is 0 Å². The Morgan fingerprint density at radius 3 is 2.50 bits per heavy atom. The number of ether oxygens (including phenoxy) is 1. The fourth-order valence-electron chi connectivity index (χ4n) is 3.10. The van der Waals surface area contributed by atoms with Crippen LogP contribution in [-0.4, -0.2) is 36.9 Å². The lowest BCUT2D eigenvalue weighted by Gasteiger charge is -2.16. The molecular formula is C21H24N2O3. The molecule has 1 fully saturated rings. The van der Waals surface area contributed by atoms with E-state index in [1.165, 1.54) is 0 Å². The Labute approximate surface area is 154 Å². The Balaban J connectivity index is 1.52. The Morgan fingerprint density at radius 2 is 1.85 bits per heavy atom. The van der Waals surface area contributed by atoms with Gasteiger partial charge in [-0.05, 0) is 43.2 Å². The molecule has 3 rings (SSSR count). The summed E-state index contributed by atoms with van der Waals surface area (Å²) in [5, 5.41) is 2.91. The largest absolute Gasteiger partial charge is 0.497 e. The first-order valence-corrected chi connectivity index (χ1v) is 8.83. The molecule has 1 N–H and O–H groups in total. The van der Waals surface area contributed by atoms with E-state index in [1.54, 1.807) is 12.0 Å². The SMILES string of the molecule is COc1ccc(CCN2CC(C(=O)Nc3ccc(C)cc3)CC2=O)cc1. The van der Waals surface area contributed by atoms with E-state index in [0.717, 1.165) is 29.0 Å². The van der Waals surface area contributed by atoms with Crippen molar-refractivity contribution in [2.75, 3.05) is 25.5 Å². The van der Waals surface area contributed by atoms with E-state index in [0.29, 0.717) is 13.1 Å². The summed E-state index contributed by atoms with van der Waals surface area (Å²) in [6.45, 7) is 3.11. The van der Waals surface area contributed by atoms with Crippen LogP contribution in [0, 0.1) is 12.8 Å². The van der Waals surface area contributed by atoms with Crippen molar-refractivity contribution in [3.8, 4) is 5.75 Å². The first-order chi connectivity index (χ1) is 12.5. The minimum Gasteiger partial charge on any atom is -0.497 e. The van der Waals surface area contributed by atoms with Crippen molar-refractivity contribution in [2.24, 2.45) is 5.92 Å². The maximum absolute atomic E-state index is 12.4. The summed E-state index contributed by atoms with van der Waals surface area (Å²) in [7, 11) is 1.64. The molecule has 2 aromatic rings. The van der Waals surface area contributed by atoms with Crippen LogP contribution in [0.15, 0.2) is 48.5 Å². The fraction of sp³-hybridized carbons (Fsp3) is 0.333. The second-order valence-electron chi connectivity index (χ2n) is 6.69. The van der Waals surface area contributed by atoms with Crippen molar-refractivity contribution in [1.82, 2.24) is 4.90 Å². The van der Waals surface area contributed by atoms with Crippen molar-refractivity contribution in [3.63, 3.8) is 0 Å². The number of carbonyl (C=O) groups is 2. The zero-order valence-electron chi connectivity index (χ0n) is 15.2. The molecule has 2 aromatic carbocycles. The molecule has 5 nitrogen and oxygen atoms in total. The van der Waals surface area contributed by atoms with Gasteiger partial charge in [0.25, 0.3) is 0 Å². The molecule has 1 aliphatic rings. The third kappa shape index (κ3) is 4.42. The molecule has 1 unspecified atom stereocenters. The molecular weight excluding hydrogens is 328 g/mol. The molecule has 5 heteroatoms. The van der Waals surface area contributed by atoms with Crippen molar-refractivity contribution in [3.05, 3.63) is 59.7 Å². The lowest BCUT2D eigenvalue weighted by molar-refractivity contribution is -0.128. The van der Waals surface area contributed by atoms with Crippen LogP contribution in [0.1, 0.15) is 17.5 Å². The molecule has 1 heterocycles. The molecule has 0 aliphatic carbocycles. The van der Waals surface area contributed by atoms with Crippen LogP contribution in [-0.2, 0) is 16.0 Å². The van der Waals surface area contributed by atoms with E-state index >= 15 is 0 Å². The van der Waals surface area contributed by atoms with E-state index in [2.05, 4.69) is 5.32 Å². The molecule has 0 saturated carbocycles. The van der Waals surface area contributed by atoms with Gasteiger partial charge in [-0.3, -0.25) is 9.59 Å². The van der Waals surface area contributed by atoms with E-state index in [4.69, 9.17) is 4.74 Å². The average Bonchev–Trinajstić information content (AvgIpc) is 3.03. The fourth-order valence-corrected chi connectivity index (χ4v) is 3.10. The van der Waals surface area contributed by atoms with Gasteiger partial charge in [0.15, 0.2) is 0 Å². The summed E-state index contributed by atoms with van der Waals surface area (Å²) < 4.78 is 5.15. The van der Waals surface area contributed by atoms with Crippen molar-refractivity contribution >= 4 is 17.5 Å². The molecule has 136 valence electrons. The number of aryl methyl sites for hydroxylation is 1. The van der Waals surface area contributed by atoms with Crippen LogP contribution in [0.5, 0.6) is 5.75 Å². The van der Waals surface area contributed by atoms with Gasteiger partial charge < -0.3 is 15.0 Å². The first-order valence-electron chi connectivity index (χ1n) is 8.83. The minimum atomic E-state index is -0.292. The van der Waals surface area contributed by atoms with Gasteiger partial charge in [-0.15, -0.1) is 0 Å². The second kappa shape index (κ2) is 8.04. The second-order valence-corrected chi connectivity index (χ2v) is 6.69. The number of benzene rings is 2. The number of hydrogen-bond acceptors (Lipinski definition) is 3. The Kier molecular flexibility index (Phi) is 5.56. The number of nitrogens with one attached hydrogen (secondary N) is 1. The molecule has 0 aromatic heterocycles. The molecule has 0 radical (unpaired) electrons. The normalized spacial score (nSPS) is 16.6. The van der Waals surface area contributed by atoms with E-state index in [1.807, 2.05) is 55.5 Å². The van der Waals surface area contributed by atoms with E-state index in [-0.39, 0.29) is 24.2 Å². The van der Waals surface area contributed by atoms with Crippen LogP contribution in [0.2, 0.25) is 0 Å². The quantitative estimate of drug-likeness (QED) is 0.869. The highest BCUT2D eigenvalue weighted by atomic mass is 16.5. The average molecular weight is 352 g/mol. The summed E-state index contributed by atoms with van der Waals surface area (Å²) in [4.78, 5) is 26.4. The first kappa shape index (κ1) is 18.0. The smallest absolute Gasteiger partial charge is 0.229 e. The Bertz CT molecular complexity index is 769. The molecule has 0 bridgehead atoms. The van der Waals surface area contributed by atoms with Gasteiger partial charge >= 0.3 is 0 Å². The van der Waals surface area contributed by atoms with Crippen LogP contribution in [0.4, 0.5) is 5.69 Å². The summed E-state index contributed by atoms with van der Waals surface area (Å²) in [5.41, 5.74) is 3.06. The maximum Gasteiger partial charge on any atom is 0.229 e. The molecule has 26 heavy (non-hydrogen) atoms. The van der Waals surface area contributed by atoms with Gasteiger partial charge in [-0.25, -0.2) is 0 Å². The van der Waals surface area contributed by atoms with Gasteiger partial charge in [0.2, 0.25) is 11.8 Å². The highest BCUT2D eigenvalue weighted by Gasteiger charge is 2.33. The predicted octanol–water partition coefficient (Wildman–Crippen LogP) is 3.03. The number of rotatable bonds is 6. The minimum absolute atomic E-state index is 0.0440. The maximum atomic E-state index is 12.4. The summed E-state index contributed by atoms with van der Waals surface area (Å²) in [6.07, 6.45) is 1.04. The highest BCUT2D eigenvalue weighted by Crippen LogP contribution is 2.21. The van der Waals surface area contributed by atoms with Crippen LogP contribution >= 0.6 is 0 Å². The predicted molar refractivity (Wildman–Crippen MR) is 101 cm³/mol. The van der Waals surface area contributed by atoms with E-state index in [9.17, 15) is 9.59 Å². The third-order valence-electron chi connectivity index (χ3n) is 4.73. The van der Waals surface area contributed by atoms with Gasteiger partial charge in [0.1, 0.15) is 5.75 Å². The van der Waals surface area contributed by atoms with Gasteiger partial charge in [-0.1, -0.05) is 29.8 Å². The van der Waals surface area contributed by atoms with Crippen molar-refractivity contribution in [1.29, 1.82) is 0 Å². The number of methoxy groups -OCH3 is 1. The van der Waals surface area contributed by atoms with Crippen LogP contribution in [0.3, 0.4) is 0 Å². The Morgan fingerprint density at radius 1 is 1.15 bits per heavy atom. The molecule has 2 amide bonds. The molecule has 1 saturated heterocycles. The zero-order chi connectivity index (χ0) is 18.5. The summed E-state index contributed by atoms with van der Waals surface area (Å²) in [6, 6.07) is 15.5. The summed E-state index contributed by atoms with van der Waals surface area (Å²) >= 11 is 0. The monoisotopic (exact) mass is 352 g/mol. The van der Waals surface area contributed by atoms with Crippen LogP contribution < -0.4 is 10.1 Å². The van der Waals surface area contributed by atoms with Gasteiger partial charge in [-0.2, -0.15) is 0 Å². The zero-order valence-corrected chi connectivity index (χ0v) is 15.2. The molecule has 0 spiro atoms. The summed E-state index contributed by atoms with van der Waals surface area (Å²) in [5.74, 6) is 0.482. The highest BCUT2D eigenvalue weighted by molar-refractivity contribution is 5.97. The van der Waals surface area contributed by atoms with Gasteiger partial charge in [0.05, 0.1) is 13.0 Å². The third-order valence-corrected chi connectivity index (χ3v) is 4.73. The number of amides is 2. The topological polar surface area (TPSA) is 58.6 Å².